The Morgan fingerprint density at radius 2 is 2.00 bits per heavy atom. The number of nitrogens with one attached hydrogen (secondary N) is 1. The van der Waals surface area contributed by atoms with E-state index in [1.54, 1.807) is 0 Å². The third-order valence-electron chi connectivity index (χ3n) is 3.81. The van der Waals surface area contributed by atoms with E-state index in [0.717, 1.165) is 30.5 Å². The van der Waals surface area contributed by atoms with Gasteiger partial charge < -0.3 is 14.8 Å². The van der Waals surface area contributed by atoms with E-state index in [4.69, 9.17) is 9.47 Å². The minimum Gasteiger partial charge on any atom is -0.381 e. The fraction of sp³-hybridized carbons (Fsp3) is 0.533. The molecule has 1 N–H and O–H groups in total. The Morgan fingerprint density at radius 3 is 2.60 bits per heavy atom. The Hall–Kier alpha value is -0.910. The van der Waals surface area contributed by atoms with Gasteiger partial charge in [-0.3, -0.25) is 4.79 Å². The number of benzene rings is 1. The van der Waals surface area contributed by atoms with E-state index in [1.807, 2.05) is 12.1 Å². The smallest absolute Gasteiger partial charge is 0.246 e. The molecule has 20 heavy (non-hydrogen) atoms. The van der Waals surface area contributed by atoms with Gasteiger partial charge in [0.05, 0.1) is 0 Å². The second-order valence-corrected chi connectivity index (χ2v) is 6.03. The van der Waals surface area contributed by atoms with Crippen LogP contribution < -0.4 is 5.32 Å². The van der Waals surface area contributed by atoms with E-state index in [2.05, 4.69) is 33.4 Å². The van der Waals surface area contributed by atoms with Crippen molar-refractivity contribution in [3.8, 4) is 0 Å². The second-order valence-electron chi connectivity index (χ2n) is 5.11. The maximum Gasteiger partial charge on any atom is 0.246 e. The summed E-state index contributed by atoms with van der Waals surface area (Å²) in [6, 6.07) is 8.34. The molecular formula is C15H20BrNO3. The zero-order chi connectivity index (χ0) is 14.4. The van der Waals surface area contributed by atoms with Crippen molar-refractivity contribution in [1.82, 2.24) is 5.32 Å². The average Bonchev–Trinajstić information content (AvgIpc) is 2.47. The normalized spacial score (nSPS) is 17.7. The van der Waals surface area contributed by atoms with Gasteiger partial charge in [-0.05, 0) is 30.5 Å². The van der Waals surface area contributed by atoms with Gasteiger partial charge in [-0.25, -0.2) is 0 Å². The molecule has 1 saturated heterocycles. The van der Waals surface area contributed by atoms with E-state index in [0.29, 0.717) is 6.54 Å². The van der Waals surface area contributed by atoms with Gasteiger partial charge in [-0.2, -0.15) is 0 Å². The molecular weight excluding hydrogens is 322 g/mol. The van der Waals surface area contributed by atoms with Gasteiger partial charge in [0.2, 0.25) is 5.91 Å². The molecule has 1 amide bonds. The summed E-state index contributed by atoms with van der Waals surface area (Å²) in [5.74, 6) is -0.0736. The van der Waals surface area contributed by atoms with Crippen molar-refractivity contribution >= 4 is 21.8 Å². The molecule has 2 rings (SSSR count). The lowest BCUT2D eigenvalue weighted by Crippen LogP contribution is -2.45. The van der Waals surface area contributed by atoms with Crippen LogP contribution in [0.15, 0.2) is 28.7 Å². The SMILES string of the molecule is COCC(=O)NCC1(c2ccc(Br)cc2)CCOCC1. The first-order valence-electron chi connectivity index (χ1n) is 6.76. The van der Waals surface area contributed by atoms with Crippen LogP contribution in [0.2, 0.25) is 0 Å². The molecule has 1 aliphatic rings. The monoisotopic (exact) mass is 341 g/mol. The third-order valence-corrected chi connectivity index (χ3v) is 4.33. The summed E-state index contributed by atoms with van der Waals surface area (Å²) >= 11 is 3.46. The quantitative estimate of drug-likeness (QED) is 0.893. The van der Waals surface area contributed by atoms with Gasteiger partial charge in [0, 0.05) is 36.8 Å². The summed E-state index contributed by atoms with van der Waals surface area (Å²) in [6.45, 7) is 2.19. The lowest BCUT2D eigenvalue weighted by atomic mass is 9.74. The van der Waals surface area contributed by atoms with Gasteiger partial charge in [0.25, 0.3) is 0 Å². The number of ether oxygens (including phenoxy) is 2. The maximum absolute atomic E-state index is 11.6. The van der Waals surface area contributed by atoms with Crippen LogP contribution in [0.5, 0.6) is 0 Å². The van der Waals surface area contributed by atoms with Crippen molar-refractivity contribution in [3.63, 3.8) is 0 Å². The van der Waals surface area contributed by atoms with Gasteiger partial charge >= 0.3 is 0 Å². The van der Waals surface area contributed by atoms with Crippen LogP contribution in [-0.2, 0) is 19.7 Å². The van der Waals surface area contributed by atoms with Crippen LogP contribution in [0, 0.1) is 0 Å². The first-order chi connectivity index (χ1) is 9.66. The van der Waals surface area contributed by atoms with E-state index < -0.39 is 0 Å². The number of halogens is 1. The van der Waals surface area contributed by atoms with Crippen LogP contribution in [0.25, 0.3) is 0 Å². The molecule has 1 aromatic carbocycles. The summed E-state index contributed by atoms with van der Waals surface area (Å²) in [7, 11) is 1.53. The van der Waals surface area contributed by atoms with Crippen LogP contribution in [0.4, 0.5) is 0 Å². The summed E-state index contributed by atoms with van der Waals surface area (Å²) in [6.07, 6.45) is 1.84. The minimum atomic E-state index is -0.0736. The minimum absolute atomic E-state index is 0.0393. The zero-order valence-corrected chi connectivity index (χ0v) is 13.2. The Balaban J connectivity index is 2.12. The van der Waals surface area contributed by atoms with Crippen LogP contribution >= 0.6 is 15.9 Å². The van der Waals surface area contributed by atoms with E-state index >= 15 is 0 Å². The Morgan fingerprint density at radius 1 is 1.35 bits per heavy atom. The highest BCUT2D eigenvalue weighted by Gasteiger charge is 2.34. The number of methoxy groups -OCH3 is 1. The Bertz CT molecular complexity index is 441. The Kier molecular flexibility index (Phi) is 5.57. The van der Waals surface area contributed by atoms with Crippen molar-refractivity contribution < 1.29 is 14.3 Å². The molecule has 110 valence electrons. The summed E-state index contributed by atoms with van der Waals surface area (Å²) in [4.78, 5) is 11.6. The molecule has 0 saturated carbocycles. The molecule has 1 heterocycles. The first kappa shape index (κ1) is 15.5. The van der Waals surface area contributed by atoms with Crippen LogP contribution in [0.1, 0.15) is 18.4 Å². The van der Waals surface area contributed by atoms with E-state index in [-0.39, 0.29) is 17.9 Å². The third kappa shape index (κ3) is 3.81. The van der Waals surface area contributed by atoms with Gasteiger partial charge in [0.1, 0.15) is 6.61 Å². The standard InChI is InChI=1S/C15H20BrNO3/c1-19-10-14(18)17-11-15(6-8-20-9-7-15)12-2-4-13(16)5-3-12/h2-5H,6-11H2,1H3,(H,17,18). The molecule has 1 aliphatic heterocycles. The number of carbonyl (C=O) groups is 1. The first-order valence-corrected chi connectivity index (χ1v) is 7.55. The summed E-state index contributed by atoms with van der Waals surface area (Å²) in [5, 5.41) is 2.98. The topological polar surface area (TPSA) is 47.6 Å². The molecule has 1 aromatic rings. The maximum atomic E-state index is 11.6. The molecule has 1 fully saturated rings. The van der Waals surface area contributed by atoms with E-state index in [1.165, 1.54) is 12.7 Å². The van der Waals surface area contributed by atoms with Gasteiger partial charge in [-0.1, -0.05) is 28.1 Å². The second kappa shape index (κ2) is 7.20. The molecule has 0 bridgehead atoms. The fourth-order valence-corrected chi connectivity index (χ4v) is 2.85. The zero-order valence-electron chi connectivity index (χ0n) is 11.7. The van der Waals surface area contributed by atoms with Crippen molar-refractivity contribution in [3.05, 3.63) is 34.3 Å². The van der Waals surface area contributed by atoms with Crippen molar-refractivity contribution in [2.75, 3.05) is 33.5 Å². The van der Waals surface area contributed by atoms with Crippen LogP contribution in [0.3, 0.4) is 0 Å². The number of hydrogen-bond donors (Lipinski definition) is 1. The average molecular weight is 342 g/mol. The van der Waals surface area contributed by atoms with Gasteiger partial charge in [0.15, 0.2) is 0 Å². The largest absolute Gasteiger partial charge is 0.381 e. The fourth-order valence-electron chi connectivity index (χ4n) is 2.58. The summed E-state index contributed by atoms with van der Waals surface area (Å²) in [5.41, 5.74) is 1.21. The molecule has 5 heteroatoms. The van der Waals surface area contributed by atoms with Gasteiger partial charge in [-0.15, -0.1) is 0 Å². The lowest BCUT2D eigenvalue weighted by Gasteiger charge is -2.38. The molecule has 0 spiro atoms. The number of rotatable bonds is 5. The highest BCUT2D eigenvalue weighted by molar-refractivity contribution is 9.10. The highest BCUT2D eigenvalue weighted by Crippen LogP contribution is 2.34. The molecule has 0 unspecified atom stereocenters. The van der Waals surface area contributed by atoms with Crippen molar-refractivity contribution in [2.45, 2.75) is 18.3 Å². The Labute approximate surface area is 128 Å². The van der Waals surface area contributed by atoms with Crippen LogP contribution in [-0.4, -0.2) is 39.4 Å². The predicted octanol–water partition coefficient (Wildman–Crippen LogP) is 2.26. The number of amides is 1. The predicted molar refractivity (Wildman–Crippen MR) is 80.8 cm³/mol. The summed E-state index contributed by atoms with van der Waals surface area (Å²) < 4.78 is 11.4. The van der Waals surface area contributed by atoms with Crippen molar-refractivity contribution in [1.29, 1.82) is 0 Å². The molecule has 0 aromatic heterocycles. The highest BCUT2D eigenvalue weighted by atomic mass is 79.9. The molecule has 0 aliphatic carbocycles. The number of hydrogen-bond acceptors (Lipinski definition) is 3. The lowest BCUT2D eigenvalue weighted by molar-refractivity contribution is -0.125. The van der Waals surface area contributed by atoms with Crippen molar-refractivity contribution in [2.24, 2.45) is 0 Å². The number of carbonyl (C=O) groups excluding carboxylic acids is 1. The molecule has 0 radical (unpaired) electrons. The van der Waals surface area contributed by atoms with E-state index in [9.17, 15) is 4.79 Å². The molecule has 0 atom stereocenters. The molecule has 4 nitrogen and oxygen atoms in total.